The number of methoxy groups -OCH3 is 1. The molecule has 1 saturated carbocycles. The Bertz CT molecular complexity index is 720. The summed E-state index contributed by atoms with van der Waals surface area (Å²) in [7, 11) is 1.64. The monoisotopic (exact) mass is 327 g/mol. The highest BCUT2D eigenvalue weighted by Gasteiger charge is 2.39. The largest absolute Gasteiger partial charge is 0.493 e. The lowest BCUT2D eigenvalue weighted by molar-refractivity contribution is -0.141. The zero-order valence-electron chi connectivity index (χ0n) is 14.4. The topological polar surface area (TPSA) is 47.6 Å². The van der Waals surface area contributed by atoms with E-state index in [0.29, 0.717) is 6.61 Å². The molecule has 24 heavy (non-hydrogen) atoms. The average molecular weight is 327 g/mol. The molecule has 0 spiro atoms. The van der Waals surface area contributed by atoms with Crippen molar-refractivity contribution in [3.8, 4) is 5.75 Å². The summed E-state index contributed by atoms with van der Waals surface area (Å²) >= 11 is 0. The number of rotatable bonds is 5. The Kier molecular flexibility index (Phi) is 5.05. The van der Waals surface area contributed by atoms with Gasteiger partial charge in [0.2, 0.25) is 0 Å². The van der Waals surface area contributed by atoms with Crippen LogP contribution in [0.1, 0.15) is 39.0 Å². The van der Waals surface area contributed by atoms with E-state index in [1.807, 2.05) is 43.3 Å². The van der Waals surface area contributed by atoms with Crippen LogP contribution in [0.5, 0.6) is 5.75 Å². The van der Waals surface area contributed by atoms with Crippen LogP contribution in [0, 0.1) is 0 Å². The van der Waals surface area contributed by atoms with Crippen molar-refractivity contribution in [2.24, 2.45) is 0 Å². The first-order valence-electron chi connectivity index (χ1n) is 8.71. The number of carbonyl (C=O) groups excluding carboxylic acids is 1. The Morgan fingerprint density at radius 2 is 1.79 bits per heavy atom. The van der Waals surface area contributed by atoms with Crippen molar-refractivity contribution < 1.29 is 14.3 Å². The van der Waals surface area contributed by atoms with Gasteiger partial charge in [-0.25, -0.2) is 0 Å². The number of benzene rings is 2. The highest BCUT2D eigenvalue weighted by Crippen LogP contribution is 2.35. The molecule has 4 heteroatoms. The number of fused-ring (bicyclic) bond motifs is 1. The lowest BCUT2D eigenvalue weighted by Crippen LogP contribution is -2.46. The summed E-state index contributed by atoms with van der Waals surface area (Å²) in [6, 6.07) is 11.8. The van der Waals surface area contributed by atoms with Crippen LogP contribution in [0.15, 0.2) is 36.4 Å². The van der Waals surface area contributed by atoms with Crippen molar-refractivity contribution in [2.45, 2.75) is 44.6 Å². The minimum Gasteiger partial charge on any atom is -0.493 e. The Hall–Kier alpha value is -2.07. The Balaban J connectivity index is 1.92. The second-order valence-corrected chi connectivity index (χ2v) is 6.30. The Morgan fingerprint density at radius 3 is 2.46 bits per heavy atom. The van der Waals surface area contributed by atoms with Gasteiger partial charge in [-0.2, -0.15) is 0 Å². The van der Waals surface area contributed by atoms with Crippen LogP contribution in [-0.4, -0.2) is 25.2 Å². The van der Waals surface area contributed by atoms with E-state index in [-0.39, 0.29) is 5.91 Å². The Labute approximate surface area is 143 Å². The maximum atomic E-state index is 12.9. The van der Waals surface area contributed by atoms with Gasteiger partial charge in [-0.3, -0.25) is 4.79 Å². The molecule has 3 rings (SSSR count). The highest BCUT2D eigenvalue weighted by atomic mass is 16.5. The molecule has 0 atom stereocenters. The van der Waals surface area contributed by atoms with Crippen LogP contribution in [0.2, 0.25) is 0 Å². The Morgan fingerprint density at radius 1 is 1.08 bits per heavy atom. The molecular formula is C20H25NO3. The van der Waals surface area contributed by atoms with E-state index in [2.05, 4.69) is 5.32 Å². The molecule has 4 nitrogen and oxygen atoms in total. The molecule has 0 heterocycles. The van der Waals surface area contributed by atoms with Gasteiger partial charge >= 0.3 is 0 Å². The van der Waals surface area contributed by atoms with Crippen LogP contribution in [0.4, 0.5) is 5.69 Å². The first kappa shape index (κ1) is 16.8. The fourth-order valence-electron chi connectivity index (χ4n) is 3.54. The van der Waals surface area contributed by atoms with Crippen molar-refractivity contribution in [1.29, 1.82) is 0 Å². The molecule has 128 valence electrons. The molecule has 1 N–H and O–H groups in total. The minimum absolute atomic E-state index is 0.0426. The van der Waals surface area contributed by atoms with Gasteiger partial charge in [-0.15, -0.1) is 0 Å². The maximum Gasteiger partial charge on any atom is 0.256 e. The number of hydrogen-bond acceptors (Lipinski definition) is 3. The van der Waals surface area contributed by atoms with Gasteiger partial charge in [-0.05, 0) is 31.9 Å². The van der Waals surface area contributed by atoms with Crippen LogP contribution >= 0.6 is 0 Å². The molecule has 2 aromatic rings. The quantitative estimate of drug-likeness (QED) is 0.878. The fourth-order valence-corrected chi connectivity index (χ4v) is 3.54. The zero-order chi connectivity index (χ0) is 17.0. The minimum atomic E-state index is -0.696. The molecule has 1 fully saturated rings. The van der Waals surface area contributed by atoms with Gasteiger partial charge in [0.05, 0.1) is 6.61 Å². The van der Waals surface area contributed by atoms with Crippen LogP contribution < -0.4 is 10.1 Å². The molecule has 0 aliphatic heterocycles. The van der Waals surface area contributed by atoms with Crippen molar-refractivity contribution in [3.63, 3.8) is 0 Å². The summed E-state index contributed by atoms with van der Waals surface area (Å²) in [4.78, 5) is 12.9. The molecule has 1 aliphatic rings. The second-order valence-electron chi connectivity index (χ2n) is 6.30. The molecular weight excluding hydrogens is 302 g/mol. The maximum absolute atomic E-state index is 12.9. The van der Waals surface area contributed by atoms with Crippen molar-refractivity contribution in [1.82, 2.24) is 0 Å². The van der Waals surface area contributed by atoms with Crippen LogP contribution in [0.25, 0.3) is 10.8 Å². The molecule has 0 aromatic heterocycles. The van der Waals surface area contributed by atoms with Gasteiger partial charge < -0.3 is 14.8 Å². The molecule has 0 saturated heterocycles. The van der Waals surface area contributed by atoms with Crippen LogP contribution in [0.3, 0.4) is 0 Å². The van der Waals surface area contributed by atoms with E-state index >= 15 is 0 Å². The number of hydrogen-bond donors (Lipinski definition) is 1. The smallest absolute Gasteiger partial charge is 0.256 e. The number of anilines is 1. The lowest BCUT2D eigenvalue weighted by Gasteiger charge is -2.34. The number of carbonyl (C=O) groups is 1. The summed E-state index contributed by atoms with van der Waals surface area (Å²) in [5, 5.41) is 5.09. The fraction of sp³-hybridized carbons (Fsp3) is 0.450. The summed E-state index contributed by atoms with van der Waals surface area (Å²) < 4.78 is 11.3. The van der Waals surface area contributed by atoms with Crippen molar-refractivity contribution in [3.05, 3.63) is 36.4 Å². The lowest BCUT2D eigenvalue weighted by atomic mass is 9.83. The van der Waals surface area contributed by atoms with Crippen LogP contribution in [-0.2, 0) is 9.53 Å². The summed E-state index contributed by atoms with van der Waals surface area (Å²) in [5.41, 5.74) is 0.110. The molecule has 1 aliphatic carbocycles. The molecule has 1 amide bonds. The third-order valence-electron chi connectivity index (χ3n) is 4.90. The van der Waals surface area contributed by atoms with E-state index in [1.54, 1.807) is 7.11 Å². The van der Waals surface area contributed by atoms with Gasteiger partial charge in [0, 0.05) is 23.6 Å². The van der Waals surface area contributed by atoms with Gasteiger partial charge in [0.1, 0.15) is 11.4 Å². The van der Waals surface area contributed by atoms with E-state index < -0.39 is 5.60 Å². The zero-order valence-corrected chi connectivity index (χ0v) is 14.4. The summed E-state index contributed by atoms with van der Waals surface area (Å²) in [6.07, 6.45) is 4.80. The van der Waals surface area contributed by atoms with E-state index in [9.17, 15) is 4.79 Å². The second kappa shape index (κ2) is 7.22. The molecule has 2 aromatic carbocycles. The third kappa shape index (κ3) is 3.11. The number of amides is 1. The average Bonchev–Trinajstić information content (AvgIpc) is 2.64. The first-order valence-corrected chi connectivity index (χ1v) is 8.71. The first-order chi connectivity index (χ1) is 11.7. The highest BCUT2D eigenvalue weighted by molar-refractivity contribution is 6.06. The van der Waals surface area contributed by atoms with Crippen molar-refractivity contribution >= 4 is 22.4 Å². The third-order valence-corrected chi connectivity index (χ3v) is 4.90. The SMILES string of the molecule is CCOc1ccc(NC(=O)C2(OC)CCCCC2)c2ccccc12. The van der Waals surface area contributed by atoms with E-state index in [4.69, 9.17) is 9.47 Å². The standard InChI is InChI=1S/C20H25NO3/c1-3-24-18-12-11-17(15-9-5-6-10-16(15)18)21-19(22)20(23-2)13-7-4-8-14-20/h5-6,9-12H,3-4,7-8,13-14H2,1-2H3,(H,21,22). The summed E-state index contributed by atoms with van der Waals surface area (Å²) in [5.74, 6) is 0.796. The predicted octanol–water partition coefficient (Wildman–Crippen LogP) is 4.53. The number of ether oxygens (including phenoxy) is 2. The normalized spacial score (nSPS) is 16.8. The van der Waals surface area contributed by atoms with Gasteiger partial charge in [-0.1, -0.05) is 43.5 Å². The van der Waals surface area contributed by atoms with Gasteiger partial charge in [0.25, 0.3) is 5.91 Å². The van der Waals surface area contributed by atoms with Gasteiger partial charge in [0.15, 0.2) is 0 Å². The summed E-state index contributed by atoms with van der Waals surface area (Å²) in [6.45, 7) is 2.58. The van der Waals surface area contributed by atoms with E-state index in [0.717, 1.165) is 47.9 Å². The number of nitrogens with one attached hydrogen (secondary N) is 1. The molecule has 0 unspecified atom stereocenters. The van der Waals surface area contributed by atoms with E-state index in [1.165, 1.54) is 6.42 Å². The predicted molar refractivity (Wildman–Crippen MR) is 96.6 cm³/mol. The molecule has 0 radical (unpaired) electrons. The molecule has 0 bridgehead atoms. The van der Waals surface area contributed by atoms with Crippen molar-refractivity contribution in [2.75, 3.05) is 19.0 Å².